The molecule has 0 aromatic carbocycles. The fraction of sp³-hybridized carbons (Fsp3) is 0.778. The standard InChI is InChI=1S/C9H17O2S/c1-4-6-7-12-8(3)11-9(10)5-2/h5,8H,4,6-7H2,1-3H3. The van der Waals surface area contributed by atoms with Crippen molar-refractivity contribution >= 4 is 17.7 Å². The van der Waals surface area contributed by atoms with Crippen molar-refractivity contribution in [2.75, 3.05) is 5.75 Å². The van der Waals surface area contributed by atoms with Gasteiger partial charge in [-0.1, -0.05) is 20.3 Å². The molecule has 1 atom stereocenters. The minimum atomic E-state index is -0.230. The van der Waals surface area contributed by atoms with Crippen molar-refractivity contribution in [1.82, 2.24) is 0 Å². The number of rotatable bonds is 6. The summed E-state index contributed by atoms with van der Waals surface area (Å²) in [6.45, 7) is 5.74. The van der Waals surface area contributed by atoms with E-state index in [1.165, 1.54) is 19.3 Å². The monoisotopic (exact) mass is 189 g/mol. The van der Waals surface area contributed by atoms with Crippen LogP contribution in [0.25, 0.3) is 0 Å². The molecule has 2 nitrogen and oxygen atoms in total. The molecule has 0 N–H and O–H groups in total. The van der Waals surface area contributed by atoms with Crippen LogP contribution in [0.4, 0.5) is 0 Å². The number of carbonyl (C=O) groups is 1. The van der Waals surface area contributed by atoms with Crippen LogP contribution in [0.15, 0.2) is 0 Å². The third kappa shape index (κ3) is 6.53. The Morgan fingerprint density at radius 3 is 2.83 bits per heavy atom. The van der Waals surface area contributed by atoms with E-state index in [1.807, 2.05) is 6.92 Å². The Hall–Kier alpha value is -0.180. The van der Waals surface area contributed by atoms with Gasteiger partial charge in [-0.2, -0.15) is 0 Å². The Kier molecular flexibility index (Phi) is 7.36. The maximum Gasteiger partial charge on any atom is 0.310 e. The zero-order chi connectivity index (χ0) is 9.40. The van der Waals surface area contributed by atoms with E-state index in [9.17, 15) is 4.79 Å². The van der Waals surface area contributed by atoms with Crippen LogP contribution in [0.2, 0.25) is 0 Å². The van der Waals surface area contributed by atoms with Crippen molar-refractivity contribution in [2.24, 2.45) is 0 Å². The van der Waals surface area contributed by atoms with E-state index in [4.69, 9.17) is 4.74 Å². The van der Waals surface area contributed by atoms with Gasteiger partial charge in [0.15, 0.2) is 0 Å². The summed E-state index contributed by atoms with van der Waals surface area (Å²) in [5, 5.41) is 0. The van der Waals surface area contributed by atoms with Gasteiger partial charge in [-0.15, -0.1) is 11.8 Å². The second-order valence-corrected chi connectivity index (χ2v) is 3.92. The molecule has 0 aliphatic heterocycles. The van der Waals surface area contributed by atoms with Gasteiger partial charge in [0.2, 0.25) is 0 Å². The first kappa shape index (κ1) is 11.8. The van der Waals surface area contributed by atoms with Crippen LogP contribution in [0.1, 0.15) is 33.6 Å². The highest BCUT2D eigenvalue weighted by Gasteiger charge is 2.06. The lowest BCUT2D eigenvalue weighted by Gasteiger charge is -2.11. The first-order valence-corrected chi connectivity index (χ1v) is 5.37. The van der Waals surface area contributed by atoms with E-state index in [0.29, 0.717) is 0 Å². The molecule has 0 aliphatic carbocycles. The first-order chi connectivity index (χ1) is 5.70. The van der Waals surface area contributed by atoms with Crippen LogP contribution >= 0.6 is 11.8 Å². The molecule has 0 aliphatic rings. The number of ether oxygens (including phenoxy) is 1. The van der Waals surface area contributed by atoms with Crippen LogP contribution in [0.3, 0.4) is 0 Å². The lowest BCUT2D eigenvalue weighted by Crippen LogP contribution is -2.11. The number of unbranched alkanes of at least 4 members (excludes halogenated alkanes) is 1. The average molecular weight is 189 g/mol. The van der Waals surface area contributed by atoms with Crippen LogP contribution in [0.5, 0.6) is 0 Å². The van der Waals surface area contributed by atoms with E-state index in [2.05, 4.69) is 6.92 Å². The van der Waals surface area contributed by atoms with Gasteiger partial charge in [-0.3, -0.25) is 4.79 Å². The molecule has 0 saturated heterocycles. The summed E-state index contributed by atoms with van der Waals surface area (Å²) in [6.07, 6.45) is 3.81. The lowest BCUT2D eigenvalue weighted by atomic mass is 10.4. The molecule has 0 spiro atoms. The van der Waals surface area contributed by atoms with Crippen LogP contribution < -0.4 is 0 Å². The molecule has 0 amide bonds. The molecule has 0 aromatic heterocycles. The molecule has 0 rings (SSSR count). The molecule has 0 heterocycles. The van der Waals surface area contributed by atoms with Crippen molar-refractivity contribution in [3.05, 3.63) is 6.42 Å². The number of thioether (sulfide) groups is 1. The van der Waals surface area contributed by atoms with Crippen molar-refractivity contribution in [1.29, 1.82) is 0 Å². The van der Waals surface area contributed by atoms with Crippen molar-refractivity contribution in [3.8, 4) is 0 Å². The summed E-state index contributed by atoms with van der Waals surface area (Å²) in [6, 6.07) is 0. The Bertz CT molecular complexity index is 126. The SMILES string of the molecule is C[CH]C(=O)OC(C)SCCCC. The largest absolute Gasteiger partial charge is 0.451 e. The normalized spacial score (nSPS) is 12.6. The van der Waals surface area contributed by atoms with Crippen molar-refractivity contribution in [3.63, 3.8) is 0 Å². The zero-order valence-corrected chi connectivity index (χ0v) is 8.82. The minimum absolute atomic E-state index is 0.0137. The molecule has 1 radical (unpaired) electrons. The van der Waals surface area contributed by atoms with Gasteiger partial charge in [-0.05, 0) is 19.1 Å². The van der Waals surface area contributed by atoms with Crippen LogP contribution in [0, 0.1) is 6.42 Å². The minimum Gasteiger partial charge on any atom is -0.451 e. The molecule has 0 fully saturated rings. The summed E-state index contributed by atoms with van der Waals surface area (Å²) in [5.41, 5.74) is -0.0137. The summed E-state index contributed by atoms with van der Waals surface area (Å²) < 4.78 is 5.01. The topological polar surface area (TPSA) is 26.3 Å². The van der Waals surface area contributed by atoms with Crippen molar-refractivity contribution < 1.29 is 9.53 Å². The molecule has 0 saturated carbocycles. The second-order valence-electron chi connectivity index (χ2n) is 2.52. The fourth-order valence-corrected chi connectivity index (χ4v) is 1.61. The number of hydrogen-bond acceptors (Lipinski definition) is 3. The molecular weight excluding hydrogens is 172 g/mol. The average Bonchev–Trinajstić information content (AvgIpc) is 2.05. The first-order valence-electron chi connectivity index (χ1n) is 4.32. The van der Waals surface area contributed by atoms with E-state index in [1.54, 1.807) is 18.7 Å². The lowest BCUT2D eigenvalue weighted by molar-refractivity contribution is -0.140. The highest BCUT2D eigenvalue weighted by Crippen LogP contribution is 2.13. The number of esters is 1. The Balaban J connectivity index is 3.32. The van der Waals surface area contributed by atoms with Gasteiger partial charge in [0.05, 0.1) is 6.42 Å². The van der Waals surface area contributed by atoms with Gasteiger partial charge in [0, 0.05) is 0 Å². The number of hydrogen-bond donors (Lipinski definition) is 0. The predicted octanol–water partition coefficient (Wildman–Crippen LogP) is 2.63. The van der Waals surface area contributed by atoms with E-state index < -0.39 is 0 Å². The van der Waals surface area contributed by atoms with E-state index >= 15 is 0 Å². The molecule has 71 valence electrons. The van der Waals surface area contributed by atoms with Gasteiger partial charge in [0.25, 0.3) is 0 Å². The third-order valence-electron chi connectivity index (χ3n) is 1.37. The maximum atomic E-state index is 10.8. The summed E-state index contributed by atoms with van der Waals surface area (Å²) in [7, 11) is 0. The molecule has 0 aromatic rings. The molecule has 0 bridgehead atoms. The molecular formula is C9H17O2S. The Morgan fingerprint density at radius 1 is 1.67 bits per heavy atom. The van der Waals surface area contributed by atoms with Crippen LogP contribution in [-0.4, -0.2) is 17.2 Å². The van der Waals surface area contributed by atoms with E-state index in [-0.39, 0.29) is 11.4 Å². The van der Waals surface area contributed by atoms with E-state index in [0.717, 1.165) is 5.75 Å². The second kappa shape index (κ2) is 7.47. The Morgan fingerprint density at radius 2 is 2.33 bits per heavy atom. The molecule has 12 heavy (non-hydrogen) atoms. The summed E-state index contributed by atoms with van der Waals surface area (Å²) >= 11 is 1.68. The predicted molar refractivity (Wildman–Crippen MR) is 52.9 cm³/mol. The molecule has 3 heteroatoms. The fourth-order valence-electron chi connectivity index (χ4n) is 0.659. The summed E-state index contributed by atoms with van der Waals surface area (Å²) in [5.74, 6) is 0.834. The molecule has 1 unspecified atom stereocenters. The highest BCUT2D eigenvalue weighted by atomic mass is 32.2. The smallest absolute Gasteiger partial charge is 0.310 e. The Labute approximate surface area is 79.1 Å². The van der Waals surface area contributed by atoms with Crippen LogP contribution in [-0.2, 0) is 9.53 Å². The summed E-state index contributed by atoms with van der Waals surface area (Å²) in [4.78, 5) is 10.8. The maximum absolute atomic E-state index is 10.8. The van der Waals surface area contributed by atoms with Gasteiger partial charge in [-0.25, -0.2) is 0 Å². The zero-order valence-electron chi connectivity index (χ0n) is 8.00. The quantitative estimate of drug-likeness (QED) is 0.365. The third-order valence-corrected chi connectivity index (χ3v) is 2.46. The number of carbonyl (C=O) groups excluding carboxylic acids is 1. The van der Waals surface area contributed by atoms with Crippen molar-refractivity contribution in [2.45, 2.75) is 39.0 Å². The van der Waals surface area contributed by atoms with Gasteiger partial charge < -0.3 is 4.74 Å². The van der Waals surface area contributed by atoms with Gasteiger partial charge >= 0.3 is 5.97 Å². The van der Waals surface area contributed by atoms with Gasteiger partial charge in [0.1, 0.15) is 5.44 Å². The highest BCUT2D eigenvalue weighted by molar-refractivity contribution is 7.99.